The molecule has 0 amide bonds. The molecule has 0 aromatic carbocycles. The van der Waals surface area contributed by atoms with Crippen molar-refractivity contribution in [2.75, 3.05) is 6.61 Å². The molecule has 0 N–H and O–H groups in total. The molecule has 0 saturated heterocycles. The predicted molar refractivity (Wildman–Crippen MR) is 88.3 cm³/mol. The lowest BCUT2D eigenvalue weighted by Gasteiger charge is -2.05. The number of esters is 2. The van der Waals surface area contributed by atoms with Gasteiger partial charge in [0.2, 0.25) is 0 Å². The van der Waals surface area contributed by atoms with Gasteiger partial charge < -0.3 is 13.9 Å². The first kappa shape index (κ1) is 17.7. The molecule has 0 spiro atoms. The fourth-order valence-corrected chi connectivity index (χ4v) is 2.46. The van der Waals surface area contributed by atoms with Gasteiger partial charge >= 0.3 is 11.9 Å². The molecule has 6 heteroatoms. The summed E-state index contributed by atoms with van der Waals surface area (Å²) in [6.07, 6.45) is 3.83. The van der Waals surface area contributed by atoms with Crippen molar-refractivity contribution in [1.29, 1.82) is 0 Å². The third-order valence-corrected chi connectivity index (χ3v) is 3.71. The number of rotatable bonds is 7. The highest BCUT2D eigenvalue weighted by molar-refractivity contribution is 5.98. The number of carbonyl (C=O) groups excluding carboxylic acids is 3. The molecule has 2 aromatic heterocycles. The SMILES string of the molecule is CCOC(=O)CCC(=O)Oc1cc2c(C)c(C(=O)CC)ccn2c1. The van der Waals surface area contributed by atoms with Crippen molar-refractivity contribution in [1.82, 2.24) is 4.40 Å². The molecule has 6 nitrogen and oxygen atoms in total. The zero-order chi connectivity index (χ0) is 17.7. The number of pyridine rings is 1. The van der Waals surface area contributed by atoms with Crippen LogP contribution in [0, 0.1) is 6.92 Å². The summed E-state index contributed by atoms with van der Waals surface area (Å²) < 4.78 is 11.8. The number of fused-ring (bicyclic) bond motifs is 1. The Bertz CT molecular complexity index is 775. The Hall–Kier alpha value is -2.63. The molecule has 0 aliphatic carbocycles. The van der Waals surface area contributed by atoms with E-state index in [0.29, 0.717) is 17.7 Å². The van der Waals surface area contributed by atoms with Crippen molar-refractivity contribution < 1.29 is 23.9 Å². The van der Waals surface area contributed by atoms with Crippen LogP contribution in [0.3, 0.4) is 0 Å². The lowest BCUT2D eigenvalue weighted by Crippen LogP contribution is -2.12. The number of aromatic nitrogens is 1. The fourth-order valence-electron chi connectivity index (χ4n) is 2.46. The Kier molecular flexibility index (Phi) is 5.73. The number of hydrogen-bond acceptors (Lipinski definition) is 5. The molecule has 0 radical (unpaired) electrons. The van der Waals surface area contributed by atoms with Crippen molar-refractivity contribution in [2.24, 2.45) is 0 Å². The highest BCUT2D eigenvalue weighted by Gasteiger charge is 2.14. The van der Waals surface area contributed by atoms with Gasteiger partial charge in [0, 0.05) is 24.2 Å². The van der Waals surface area contributed by atoms with Gasteiger partial charge in [-0.3, -0.25) is 14.4 Å². The van der Waals surface area contributed by atoms with Crippen molar-refractivity contribution in [3.63, 3.8) is 0 Å². The Labute approximate surface area is 140 Å². The van der Waals surface area contributed by atoms with E-state index < -0.39 is 11.9 Å². The van der Waals surface area contributed by atoms with Crippen molar-refractivity contribution in [3.8, 4) is 5.75 Å². The topological polar surface area (TPSA) is 74.1 Å². The molecule has 0 saturated carbocycles. The van der Waals surface area contributed by atoms with Crippen molar-refractivity contribution >= 4 is 23.2 Å². The molecule has 0 fully saturated rings. The van der Waals surface area contributed by atoms with Crippen LogP contribution in [-0.2, 0) is 14.3 Å². The smallest absolute Gasteiger partial charge is 0.311 e. The summed E-state index contributed by atoms with van der Waals surface area (Å²) in [4.78, 5) is 35.0. The Morgan fingerprint density at radius 1 is 1.12 bits per heavy atom. The molecule has 2 heterocycles. The maximum absolute atomic E-state index is 11.9. The number of ether oxygens (including phenoxy) is 2. The Morgan fingerprint density at radius 3 is 2.50 bits per heavy atom. The van der Waals surface area contributed by atoms with E-state index in [0.717, 1.165) is 11.1 Å². The second kappa shape index (κ2) is 7.77. The molecule has 0 bridgehead atoms. The summed E-state index contributed by atoms with van der Waals surface area (Å²) >= 11 is 0. The van der Waals surface area contributed by atoms with Crippen LogP contribution in [0.5, 0.6) is 5.75 Å². The number of nitrogens with zero attached hydrogens (tertiary/aromatic N) is 1. The summed E-state index contributed by atoms with van der Waals surface area (Å²) in [6, 6.07) is 3.48. The number of ketones is 1. The van der Waals surface area contributed by atoms with Crippen molar-refractivity contribution in [2.45, 2.75) is 40.0 Å². The lowest BCUT2D eigenvalue weighted by molar-refractivity contribution is -0.146. The molecule has 2 aromatic rings. The summed E-state index contributed by atoms with van der Waals surface area (Å²) in [5.74, 6) is -0.464. The normalized spacial score (nSPS) is 10.6. The van der Waals surface area contributed by atoms with Crippen LogP contribution in [-0.4, -0.2) is 28.7 Å². The monoisotopic (exact) mass is 331 g/mol. The van der Waals surface area contributed by atoms with Gasteiger partial charge in [-0.25, -0.2) is 0 Å². The van der Waals surface area contributed by atoms with Gasteiger partial charge in [-0.2, -0.15) is 0 Å². The zero-order valence-corrected chi connectivity index (χ0v) is 14.1. The first-order valence-electron chi connectivity index (χ1n) is 7.97. The highest BCUT2D eigenvalue weighted by Crippen LogP contribution is 2.24. The van der Waals surface area contributed by atoms with Gasteiger partial charge in [0.05, 0.1) is 31.2 Å². The van der Waals surface area contributed by atoms with Gasteiger partial charge in [0.25, 0.3) is 0 Å². The third kappa shape index (κ3) is 4.01. The van der Waals surface area contributed by atoms with Gasteiger partial charge in [0.15, 0.2) is 5.78 Å². The molecule has 24 heavy (non-hydrogen) atoms. The molecule has 2 rings (SSSR count). The average Bonchev–Trinajstić information content (AvgIpc) is 2.96. The van der Waals surface area contributed by atoms with Crippen LogP contribution in [0.15, 0.2) is 24.5 Å². The van der Waals surface area contributed by atoms with E-state index in [1.165, 1.54) is 0 Å². The summed E-state index contributed by atoms with van der Waals surface area (Å²) in [7, 11) is 0. The Balaban J connectivity index is 2.11. The van der Waals surface area contributed by atoms with Crippen LogP contribution in [0.2, 0.25) is 0 Å². The average molecular weight is 331 g/mol. The quantitative estimate of drug-likeness (QED) is 0.576. The largest absolute Gasteiger partial charge is 0.466 e. The molecule has 0 atom stereocenters. The minimum absolute atomic E-state index is 0.00573. The third-order valence-electron chi connectivity index (χ3n) is 3.71. The first-order valence-corrected chi connectivity index (χ1v) is 7.97. The highest BCUT2D eigenvalue weighted by atomic mass is 16.5. The standard InChI is InChI=1S/C18H21NO5/c1-4-16(20)14-8-9-19-11-13(10-15(19)12(14)3)24-18(22)7-6-17(21)23-5-2/h8-11H,4-7H2,1-3H3. The lowest BCUT2D eigenvalue weighted by atomic mass is 10.0. The summed E-state index contributed by atoms with van der Waals surface area (Å²) in [5.41, 5.74) is 2.32. The van der Waals surface area contributed by atoms with Crippen LogP contribution in [0.25, 0.3) is 5.52 Å². The molecular formula is C18H21NO5. The van der Waals surface area contributed by atoms with Crippen LogP contribution >= 0.6 is 0 Å². The predicted octanol–water partition coefficient (Wildman–Crippen LogP) is 3.09. The number of carbonyl (C=O) groups is 3. The van der Waals surface area contributed by atoms with E-state index >= 15 is 0 Å². The minimum atomic E-state index is -0.499. The maximum Gasteiger partial charge on any atom is 0.311 e. The maximum atomic E-state index is 11.9. The molecular weight excluding hydrogens is 310 g/mol. The number of aryl methyl sites for hydroxylation is 1. The van der Waals surface area contributed by atoms with E-state index in [2.05, 4.69) is 0 Å². The van der Waals surface area contributed by atoms with Crippen LogP contribution in [0.1, 0.15) is 49.0 Å². The second-order valence-electron chi connectivity index (χ2n) is 5.38. The number of hydrogen-bond donors (Lipinski definition) is 0. The Morgan fingerprint density at radius 2 is 1.83 bits per heavy atom. The summed E-state index contributed by atoms with van der Waals surface area (Å²) in [6.45, 7) is 5.69. The molecule has 128 valence electrons. The first-order chi connectivity index (χ1) is 11.5. The van der Waals surface area contributed by atoms with E-state index in [-0.39, 0.29) is 25.2 Å². The molecule has 0 aliphatic rings. The molecule has 0 unspecified atom stereocenters. The van der Waals surface area contributed by atoms with E-state index in [9.17, 15) is 14.4 Å². The van der Waals surface area contributed by atoms with Crippen molar-refractivity contribution in [3.05, 3.63) is 35.7 Å². The van der Waals surface area contributed by atoms with Crippen LogP contribution in [0.4, 0.5) is 0 Å². The minimum Gasteiger partial charge on any atom is -0.466 e. The van der Waals surface area contributed by atoms with Gasteiger partial charge in [0.1, 0.15) is 5.75 Å². The van der Waals surface area contributed by atoms with Gasteiger partial charge in [-0.1, -0.05) is 6.92 Å². The molecule has 0 aliphatic heterocycles. The van der Waals surface area contributed by atoms with E-state index in [1.54, 1.807) is 35.9 Å². The fraction of sp³-hybridized carbons (Fsp3) is 0.389. The van der Waals surface area contributed by atoms with Gasteiger partial charge in [-0.15, -0.1) is 0 Å². The van der Waals surface area contributed by atoms with Gasteiger partial charge in [-0.05, 0) is 25.5 Å². The van der Waals surface area contributed by atoms with Crippen LogP contribution < -0.4 is 4.74 Å². The van der Waals surface area contributed by atoms with E-state index in [1.807, 2.05) is 13.8 Å². The number of Topliss-reactive ketones (excluding diaryl/α,β-unsaturated/α-hetero) is 1. The zero-order valence-electron chi connectivity index (χ0n) is 14.1. The summed E-state index contributed by atoms with van der Waals surface area (Å²) in [5, 5.41) is 0. The second-order valence-corrected chi connectivity index (χ2v) is 5.38. The van der Waals surface area contributed by atoms with E-state index in [4.69, 9.17) is 9.47 Å².